The van der Waals surface area contributed by atoms with E-state index in [1.807, 2.05) is 18.2 Å². The lowest BCUT2D eigenvalue weighted by molar-refractivity contribution is 0.101. The Hall–Kier alpha value is -3.54. The Morgan fingerprint density at radius 1 is 0.893 bits per heavy atom. The molecule has 0 saturated heterocycles. The van der Waals surface area contributed by atoms with Crippen molar-refractivity contribution in [2.24, 2.45) is 0 Å². The molecule has 0 aliphatic rings. The van der Waals surface area contributed by atoms with Crippen molar-refractivity contribution in [3.63, 3.8) is 0 Å². The van der Waals surface area contributed by atoms with Gasteiger partial charge in [-0.05, 0) is 49.6 Å². The molecule has 0 bridgehead atoms. The van der Waals surface area contributed by atoms with Crippen molar-refractivity contribution in [3.8, 4) is 0 Å². The third-order valence-electron chi connectivity index (χ3n) is 4.23. The molecule has 2 N–H and O–H groups in total. The third kappa shape index (κ3) is 5.48. The van der Waals surface area contributed by atoms with Crippen LogP contribution in [0.2, 0.25) is 0 Å². The Morgan fingerprint density at radius 2 is 1.57 bits per heavy atom. The topological polar surface area (TPSA) is 84.0 Å². The molecule has 0 spiro atoms. The van der Waals surface area contributed by atoms with Gasteiger partial charge in [0.05, 0.1) is 5.56 Å². The Balaban J connectivity index is 1.47. The van der Waals surface area contributed by atoms with Gasteiger partial charge in [0.25, 0.3) is 5.91 Å². The van der Waals surface area contributed by atoms with Gasteiger partial charge in [0.1, 0.15) is 0 Å². The Labute approximate surface area is 164 Å². The zero-order valence-corrected chi connectivity index (χ0v) is 15.7. The zero-order valence-electron chi connectivity index (χ0n) is 15.7. The van der Waals surface area contributed by atoms with Gasteiger partial charge in [-0.15, -0.1) is 0 Å². The van der Waals surface area contributed by atoms with E-state index in [1.165, 1.54) is 24.9 Å². The van der Waals surface area contributed by atoms with Crippen LogP contribution in [0.15, 0.2) is 67.0 Å². The normalized spacial score (nSPS) is 10.3. The molecule has 3 aromatic rings. The average molecular weight is 374 g/mol. The van der Waals surface area contributed by atoms with Gasteiger partial charge in [0.15, 0.2) is 5.78 Å². The molecule has 1 amide bonds. The van der Waals surface area contributed by atoms with Gasteiger partial charge in [0, 0.05) is 30.2 Å². The molecule has 6 nitrogen and oxygen atoms in total. The number of anilines is 2. The first-order valence-corrected chi connectivity index (χ1v) is 9.14. The van der Waals surface area contributed by atoms with Crippen LogP contribution < -0.4 is 10.6 Å². The van der Waals surface area contributed by atoms with E-state index >= 15 is 0 Å². The first kappa shape index (κ1) is 19.2. The van der Waals surface area contributed by atoms with Crippen LogP contribution in [0.5, 0.6) is 0 Å². The first-order chi connectivity index (χ1) is 13.6. The number of nitrogens with zero attached hydrogens (tertiary/aromatic N) is 2. The summed E-state index contributed by atoms with van der Waals surface area (Å²) in [6.07, 6.45) is 4.93. The van der Waals surface area contributed by atoms with E-state index in [2.05, 4.69) is 32.7 Å². The van der Waals surface area contributed by atoms with Crippen molar-refractivity contribution in [2.75, 3.05) is 17.2 Å². The molecule has 0 radical (unpaired) electrons. The van der Waals surface area contributed by atoms with Crippen LogP contribution >= 0.6 is 0 Å². The van der Waals surface area contributed by atoms with Crippen molar-refractivity contribution >= 4 is 23.3 Å². The molecule has 0 saturated carbocycles. The number of aryl methyl sites for hydroxylation is 1. The van der Waals surface area contributed by atoms with Crippen LogP contribution in [-0.2, 0) is 6.42 Å². The van der Waals surface area contributed by atoms with Crippen LogP contribution in [-0.4, -0.2) is 28.2 Å². The number of Topliss-reactive ketones (excluding diaryl/α,β-unsaturated/α-hetero) is 1. The molecule has 0 fully saturated rings. The van der Waals surface area contributed by atoms with Crippen LogP contribution in [0.4, 0.5) is 11.6 Å². The van der Waals surface area contributed by atoms with Crippen molar-refractivity contribution < 1.29 is 9.59 Å². The Kier molecular flexibility index (Phi) is 6.46. The van der Waals surface area contributed by atoms with E-state index < -0.39 is 0 Å². The van der Waals surface area contributed by atoms with Crippen molar-refractivity contribution in [2.45, 2.75) is 19.8 Å². The average Bonchev–Trinajstić information content (AvgIpc) is 2.73. The highest BCUT2D eigenvalue weighted by molar-refractivity contribution is 6.04. The number of benzene rings is 2. The predicted octanol–water partition coefficient (Wildman–Crippen LogP) is 3.98. The number of hydrogen-bond acceptors (Lipinski definition) is 5. The van der Waals surface area contributed by atoms with Crippen molar-refractivity contribution in [1.82, 2.24) is 9.97 Å². The number of hydrogen-bond donors (Lipinski definition) is 2. The van der Waals surface area contributed by atoms with Gasteiger partial charge in [-0.2, -0.15) is 0 Å². The molecule has 3 rings (SSSR count). The Morgan fingerprint density at radius 3 is 2.21 bits per heavy atom. The SMILES string of the molecule is CC(=O)c1ccc(NC(=O)c2cnc(NCCCc3ccccc3)nc2)cc1. The smallest absolute Gasteiger partial charge is 0.258 e. The summed E-state index contributed by atoms with van der Waals surface area (Å²) < 4.78 is 0. The highest BCUT2D eigenvalue weighted by Crippen LogP contribution is 2.12. The zero-order chi connectivity index (χ0) is 19.8. The highest BCUT2D eigenvalue weighted by atomic mass is 16.1. The summed E-state index contributed by atoms with van der Waals surface area (Å²) in [4.78, 5) is 32.0. The van der Waals surface area contributed by atoms with Crippen molar-refractivity contribution in [1.29, 1.82) is 0 Å². The van der Waals surface area contributed by atoms with Crippen LogP contribution in [0, 0.1) is 0 Å². The number of rotatable bonds is 8. The van der Waals surface area contributed by atoms with Gasteiger partial charge in [-0.25, -0.2) is 9.97 Å². The number of carbonyl (C=O) groups excluding carboxylic acids is 2. The molecule has 0 atom stereocenters. The molecular formula is C22H22N4O2. The lowest BCUT2D eigenvalue weighted by atomic mass is 10.1. The van der Waals surface area contributed by atoms with Crippen LogP contribution in [0.1, 0.15) is 39.6 Å². The fourth-order valence-corrected chi connectivity index (χ4v) is 2.67. The molecule has 0 aliphatic heterocycles. The highest BCUT2D eigenvalue weighted by Gasteiger charge is 2.08. The largest absolute Gasteiger partial charge is 0.354 e. The summed E-state index contributed by atoms with van der Waals surface area (Å²) >= 11 is 0. The summed E-state index contributed by atoms with van der Waals surface area (Å²) in [6, 6.07) is 17.0. The van der Waals surface area contributed by atoms with E-state index in [-0.39, 0.29) is 11.7 Å². The first-order valence-electron chi connectivity index (χ1n) is 9.14. The lowest BCUT2D eigenvalue weighted by Gasteiger charge is -2.07. The van der Waals surface area contributed by atoms with E-state index in [9.17, 15) is 9.59 Å². The maximum Gasteiger partial charge on any atom is 0.258 e. The fraction of sp³-hybridized carbons (Fsp3) is 0.182. The number of nitrogens with one attached hydrogen (secondary N) is 2. The molecule has 28 heavy (non-hydrogen) atoms. The monoisotopic (exact) mass is 374 g/mol. The van der Waals surface area contributed by atoms with E-state index in [1.54, 1.807) is 24.3 Å². The maximum absolute atomic E-state index is 12.3. The lowest BCUT2D eigenvalue weighted by Crippen LogP contribution is -2.14. The molecule has 6 heteroatoms. The molecule has 0 aliphatic carbocycles. The quantitative estimate of drug-likeness (QED) is 0.460. The molecule has 0 unspecified atom stereocenters. The van der Waals surface area contributed by atoms with Gasteiger partial charge in [-0.3, -0.25) is 9.59 Å². The molecule has 2 aromatic carbocycles. The van der Waals surface area contributed by atoms with Crippen molar-refractivity contribution in [3.05, 3.63) is 83.7 Å². The standard InChI is InChI=1S/C22H22N4O2/c1-16(27)18-9-11-20(12-10-18)26-21(28)19-14-24-22(25-15-19)23-13-5-8-17-6-3-2-4-7-17/h2-4,6-7,9-12,14-15H,5,8,13H2,1H3,(H,26,28)(H,23,24,25). The van der Waals surface area contributed by atoms with Gasteiger partial charge in [0.2, 0.25) is 5.95 Å². The van der Waals surface area contributed by atoms with E-state index in [4.69, 9.17) is 0 Å². The summed E-state index contributed by atoms with van der Waals surface area (Å²) in [7, 11) is 0. The summed E-state index contributed by atoms with van der Waals surface area (Å²) in [6.45, 7) is 2.26. The van der Waals surface area contributed by atoms with Crippen LogP contribution in [0.25, 0.3) is 0 Å². The second-order valence-corrected chi connectivity index (χ2v) is 6.40. The van der Waals surface area contributed by atoms with E-state index in [0.29, 0.717) is 22.8 Å². The number of amides is 1. The summed E-state index contributed by atoms with van der Waals surface area (Å²) in [5.41, 5.74) is 2.88. The molecular weight excluding hydrogens is 352 g/mol. The minimum absolute atomic E-state index is 0.0156. The summed E-state index contributed by atoms with van der Waals surface area (Å²) in [5.74, 6) is 0.180. The van der Waals surface area contributed by atoms with Gasteiger partial charge >= 0.3 is 0 Å². The molecule has 142 valence electrons. The number of carbonyl (C=O) groups is 2. The van der Waals surface area contributed by atoms with E-state index in [0.717, 1.165) is 19.4 Å². The second kappa shape index (κ2) is 9.41. The summed E-state index contributed by atoms with van der Waals surface area (Å²) in [5, 5.41) is 5.93. The minimum atomic E-state index is -0.300. The Bertz CT molecular complexity index is 923. The predicted molar refractivity (Wildman–Crippen MR) is 110 cm³/mol. The third-order valence-corrected chi connectivity index (χ3v) is 4.23. The number of aromatic nitrogens is 2. The second-order valence-electron chi connectivity index (χ2n) is 6.40. The van der Waals surface area contributed by atoms with Crippen LogP contribution in [0.3, 0.4) is 0 Å². The molecule has 1 aromatic heterocycles. The fourth-order valence-electron chi connectivity index (χ4n) is 2.67. The maximum atomic E-state index is 12.3. The van der Waals surface area contributed by atoms with Gasteiger partial charge in [-0.1, -0.05) is 30.3 Å². The minimum Gasteiger partial charge on any atom is -0.354 e. The number of ketones is 1. The van der Waals surface area contributed by atoms with Gasteiger partial charge < -0.3 is 10.6 Å². The molecule has 1 heterocycles.